The quantitative estimate of drug-likeness (QED) is 0.796. The maximum absolute atomic E-state index is 12.7. The van der Waals surface area contributed by atoms with E-state index >= 15 is 0 Å². The first-order valence-corrected chi connectivity index (χ1v) is 10.7. The number of rotatable bonds is 5. The van der Waals surface area contributed by atoms with Crippen molar-refractivity contribution >= 4 is 5.91 Å². The van der Waals surface area contributed by atoms with Gasteiger partial charge in [0, 0.05) is 19.0 Å². The number of hydrogen-bond acceptors (Lipinski definition) is 5. The first kappa shape index (κ1) is 19.4. The van der Waals surface area contributed by atoms with Crippen LogP contribution in [0, 0.1) is 5.92 Å². The smallest absolute Gasteiger partial charge is 0.231 e. The predicted octanol–water partition coefficient (Wildman–Crippen LogP) is 3.01. The zero-order valence-corrected chi connectivity index (χ0v) is 17.2. The van der Waals surface area contributed by atoms with Crippen molar-refractivity contribution in [3.63, 3.8) is 0 Å². The number of carbonyl (C=O) groups excluding carboxylic acids is 1. The van der Waals surface area contributed by atoms with Crippen molar-refractivity contribution in [2.24, 2.45) is 5.92 Å². The number of amides is 1. The third-order valence-electron chi connectivity index (χ3n) is 6.49. The van der Waals surface area contributed by atoms with Gasteiger partial charge in [-0.2, -0.15) is 0 Å². The van der Waals surface area contributed by atoms with Crippen LogP contribution in [-0.4, -0.2) is 40.9 Å². The number of carbonyl (C=O) groups is 1. The Labute approximate surface area is 176 Å². The summed E-state index contributed by atoms with van der Waals surface area (Å²) in [6, 6.07) is 15.7. The lowest BCUT2D eigenvalue weighted by Crippen LogP contribution is -2.62. The van der Waals surface area contributed by atoms with E-state index in [0.717, 1.165) is 42.0 Å². The Morgan fingerprint density at radius 1 is 1.17 bits per heavy atom. The van der Waals surface area contributed by atoms with Crippen LogP contribution in [0.4, 0.5) is 0 Å². The summed E-state index contributed by atoms with van der Waals surface area (Å²) >= 11 is 0. The van der Waals surface area contributed by atoms with Gasteiger partial charge in [0.25, 0.3) is 0 Å². The van der Waals surface area contributed by atoms with Gasteiger partial charge in [0.2, 0.25) is 12.7 Å². The first-order valence-electron chi connectivity index (χ1n) is 10.7. The lowest BCUT2D eigenvalue weighted by molar-refractivity contribution is -0.130. The molecule has 0 bridgehead atoms. The van der Waals surface area contributed by atoms with Crippen LogP contribution in [0.1, 0.15) is 43.4 Å². The van der Waals surface area contributed by atoms with Crippen LogP contribution < -0.4 is 14.8 Å². The second kappa shape index (κ2) is 7.60. The predicted molar refractivity (Wildman–Crippen MR) is 112 cm³/mol. The number of aliphatic hydroxyl groups is 1. The molecule has 6 heteroatoms. The second-order valence-corrected chi connectivity index (χ2v) is 8.88. The Morgan fingerprint density at radius 3 is 2.70 bits per heavy atom. The molecule has 2 heterocycles. The van der Waals surface area contributed by atoms with Gasteiger partial charge < -0.3 is 19.9 Å². The molecule has 1 aliphatic carbocycles. The monoisotopic (exact) mass is 408 g/mol. The molecule has 3 unspecified atom stereocenters. The molecule has 1 saturated carbocycles. The van der Waals surface area contributed by atoms with Gasteiger partial charge in [0.15, 0.2) is 11.5 Å². The fourth-order valence-corrected chi connectivity index (χ4v) is 4.57. The van der Waals surface area contributed by atoms with Crippen LogP contribution in [0.2, 0.25) is 0 Å². The summed E-state index contributed by atoms with van der Waals surface area (Å²) in [5.41, 5.74) is 1.24. The van der Waals surface area contributed by atoms with Crippen molar-refractivity contribution in [2.75, 3.05) is 13.3 Å². The van der Waals surface area contributed by atoms with E-state index in [2.05, 4.69) is 28.4 Å². The molecular weight excluding hydrogens is 380 g/mol. The molecule has 2 fully saturated rings. The van der Waals surface area contributed by atoms with Gasteiger partial charge in [0.05, 0.1) is 17.7 Å². The van der Waals surface area contributed by atoms with Gasteiger partial charge >= 0.3 is 0 Å². The van der Waals surface area contributed by atoms with Crippen molar-refractivity contribution < 1.29 is 19.4 Å². The minimum atomic E-state index is -0.976. The van der Waals surface area contributed by atoms with E-state index in [9.17, 15) is 9.90 Å². The Hall–Kier alpha value is -2.57. The maximum atomic E-state index is 12.7. The molecule has 5 rings (SSSR count). The minimum absolute atomic E-state index is 0.0612. The molecule has 2 aromatic carbocycles. The molecule has 2 aromatic rings. The Kier molecular flexibility index (Phi) is 4.91. The topological polar surface area (TPSA) is 71.0 Å². The molecule has 3 aliphatic rings. The summed E-state index contributed by atoms with van der Waals surface area (Å²) in [6.07, 6.45) is 2.48. The normalized spacial score (nSPS) is 28.3. The summed E-state index contributed by atoms with van der Waals surface area (Å²) in [6.45, 7) is 3.53. The number of hydrogen-bond donors (Lipinski definition) is 2. The molecule has 0 radical (unpaired) electrons. The summed E-state index contributed by atoms with van der Waals surface area (Å²) in [5.74, 6) is 1.70. The number of benzene rings is 2. The second-order valence-electron chi connectivity index (χ2n) is 8.88. The van der Waals surface area contributed by atoms with E-state index in [0.29, 0.717) is 13.0 Å². The highest BCUT2D eigenvalue weighted by Gasteiger charge is 2.47. The number of nitrogens with zero attached hydrogens (tertiary/aromatic N) is 1. The summed E-state index contributed by atoms with van der Waals surface area (Å²) < 4.78 is 11.0. The highest BCUT2D eigenvalue weighted by molar-refractivity contribution is 5.81. The highest BCUT2D eigenvalue weighted by atomic mass is 16.7. The average Bonchev–Trinajstić information content (AvgIpc) is 3.49. The molecule has 0 aromatic heterocycles. The number of fused-ring (bicyclic) bond motifs is 1. The van der Waals surface area contributed by atoms with Gasteiger partial charge in [-0.1, -0.05) is 36.4 Å². The van der Waals surface area contributed by atoms with E-state index < -0.39 is 5.60 Å². The fraction of sp³-hybridized carbons (Fsp3) is 0.458. The molecule has 1 amide bonds. The summed E-state index contributed by atoms with van der Waals surface area (Å²) in [5, 5.41) is 14.5. The lowest BCUT2D eigenvalue weighted by Gasteiger charge is -2.49. The number of nitrogens with one attached hydrogen (secondary N) is 1. The number of ether oxygens (including phenoxy) is 2. The van der Waals surface area contributed by atoms with Gasteiger partial charge in [-0.25, -0.2) is 0 Å². The zero-order valence-electron chi connectivity index (χ0n) is 17.2. The van der Waals surface area contributed by atoms with Crippen LogP contribution in [0.15, 0.2) is 48.5 Å². The van der Waals surface area contributed by atoms with Gasteiger partial charge in [0.1, 0.15) is 0 Å². The van der Waals surface area contributed by atoms with Crippen LogP contribution in [0.5, 0.6) is 11.5 Å². The Bertz CT molecular complexity index is 926. The third kappa shape index (κ3) is 3.77. The Balaban J connectivity index is 1.46. The summed E-state index contributed by atoms with van der Waals surface area (Å²) in [7, 11) is 0. The standard InChI is InChI=1S/C24H28N2O4/c1-24(28)11-12-26(14-16-7-10-19-20(13-16)30-15-29-19)21(17-5-3-2-4-6-17)22(24)25-23(27)18-8-9-18/h2-7,10,13,18,21-22,28H,8-9,11-12,14-15H2,1H3,(H,25,27). The largest absolute Gasteiger partial charge is 0.454 e. The third-order valence-corrected chi connectivity index (χ3v) is 6.49. The van der Waals surface area contributed by atoms with Crippen molar-refractivity contribution in [1.29, 1.82) is 0 Å². The number of piperidine rings is 1. The maximum Gasteiger partial charge on any atom is 0.231 e. The molecule has 6 nitrogen and oxygen atoms in total. The van der Waals surface area contributed by atoms with Crippen LogP contribution >= 0.6 is 0 Å². The zero-order chi connectivity index (χ0) is 20.7. The Morgan fingerprint density at radius 2 is 1.93 bits per heavy atom. The molecule has 1 saturated heterocycles. The van der Waals surface area contributed by atoms with Crippen molar-refractivity contribution in [3.05, 3.63) is 59.7 Å². The average molecular weight is 408 g/mol. The van der Waals surface area contributed by atoms with E-state index in [1.807, 2.05) is 37.3 Å². The minimum Gasteiger partial charge on any atom is -0.454 e. The van der Waals surface area contributed by atoms with Crippen LogP contribution in [-0.2, 0) is 11.3 Å². The lowest BCUT2D eigenvalue weighted by atomic mass is 9.79. The fourth-order valence-electron chi connectivity index (χ4n) is 4.57. The number of likely N-dealkylation sites (tertiary alicyclic amines) is 1. The van der Waals surface area contributed by atoms with Gasteiger partial charge in [-0.3, -0.25) is 9.69 Å². The van der Waals surface area contributed by atoms with Crippen molar-refractivity contribution in [2.45, 2.75) is 50.4 Å². The summed E-state index contributed by atoms with van der Waals surface area (Å²) in [4.78, 5) is 15.0. The van der Waals surface area contributed by atoms with Crippen LogP contribution in [0.3, 0.4) is 0 Å². The van der Waals surface area contributed by atoms with E-state index in [-0.39, 0.29) is 30.7 Å². The SMILES string of the molecule is CC1(O)CCN(Cc2ccc3c(c2)OCO3)C(c2ccccc2)C1NC(=O)C1CC1. The van der Waals surface area contributed by atoms with Gasteiger partial charge in [-0.05, 0) is 49.4 Å². The molecule has 158 valence electrons. The van der Waals surface area contributed by atoms with E-state index in [1.165, 1.54) is 0 Å². The van der Waals surface area contributed by atoms with Crippen LogP contribution in [0.25, 0.3) is 0 Å². The molecule has 3 atom stereocenters. The van der Waals surface area contributed by atoms with Crippen molar-refractivity contribution in [1.82, 2.24) is 10.2 Å². The molecule has 2 aliphatic heterocycles. The molecule has 2 N–H and O–H groups in total. The van der Waals surface area contributed by atoms with E-state index in [4.69, 9.17) is 9.47 Å². The first-order chi connectivity index (χ1) is 14.5. The molecule has 30 heavy (non-hydrogen) atoms. The molecule has 0 spiro atoms. The highest BCUT2D eigenvalue weighted by Crippen LogP contribution is 2.40. The molecular formula is C24H28N2O4. The van der Waals surface area contributed by atoms with E-state index in [1.54, 1.807) is 0 Å². The van der Waals surface area contributed by atoms with Crippen molar-refractivity contribution in [3.8, 4) is 11.5 Å². The van der Waals surface area contributed by atoms with Gasteiger partial charge in [-0.15, -0.1) is 0 Å².